The lowest BCUT2D eigenvalue weighted by Crippen LogP contribution is -2.47. The van der Waals surface area contributed by atoms with E-state index >= 15 is 0 Å². The molecule has 3 heterocycles. The molecule has 1 saturated heterocycles. The molecule has 1 aliphatic rings. The third-order valence-corrected chi connectivity index (χ3v) is 6.71. The molecule has 7 nitrogen and oxygen atoms in total. The predicted molar refractivity (Wildman–Crippen MR) is 134 cm³/mol. The molecule has 3 amide bonds. The Bertz CT molecular complexity index is 1690. The second kappa shape index (κ2) is 7.91. The summed E-state index contributed by atoms with van der Waals surface area (Å²) < 4.78 is 15.2. The Morgan fingerprint density at radius 3 is 2.44 bits per heavy atom. The van der Waals surface area contributed by atoms with E-state index in [9.17, 15) is 19.1 Å². The zero-order chi connectivity index (χ0) is 25.0. The molecule has 1 atom stereocenters. The van der Waals surface area contributed by atoms with Gasteiger partial charge in [-0.15, -0.1) is 0 Å². The molecule has 1 aliphatic heterocycles. The van der Waals surface area contributed by atoms with Crippen molar-refractivity contribution in [2.45, 2.75) is 19.0 Å². The van der Waals surface area contributed by atoms with Crippen molar-refractivity contribution in [3.05, 3.63) is 96.1 Å². The van der Waals surface area contributed by atoms with Crippen molar-refractivity contribution in [3.8, 4) is 17.0 Å². The number of hydrogen-bond donors (Lipinski definition) is 3. The first-order valence-corrected chi connectivity index (χ1v) is 11.4. The van der Waals surface area contributed by atoms with Crippen LogP contribution in [0.5, 0.6) is 5.88 Å². The van der Waals surface area contributed by atoms with E-state index in [2.05, 4.69) is 21.7 Å². The van der Waals surface area contributed by atoms with Gasteiger partial charge in [-0.1, -0.05) is 36.4 Å². The standard InChI is InChI=1S/C28H21FN4O3/c1-16-2-3-19-12-18(7-11-24(19)30-16)17-4-8-21(9-5-17)28(26(35)31-27(36)32-28)15-33-14-20-6-10-22(29)13-23(20)25(33)34/h2-14,34H,15H2,1H3,(H2,31,32,35,36)/t28-/m0/s1. The molecule has 0 bridgehead atoms. The number of hydrogen-bond acceptors (Lipinski definition) is 4. The normalized spacial score (nSPS) is 17.5. The van der Waals surface area contributed by atoms with E-state index in [1.54, 1.807) is 24.4 Å². The molecule has 0 radical (unpaired) electrons. The van der Waals surface area contributed by atoms with E-state index in [1.165, 1.54) is 16.7 Å². The van der Waals surface area contributed by atoms with Crippen LogP contribution in [0.25, 0.3) is 32.8 Å². The molecule has 2 aromatic heterocycles. The number of aromatic hydroxyl groups is 1. The SMILES string of the molecule is Cc1ccc2cc(-c3ccc([C@]4(Cn5cc6ccc(F)cc6c5O)NC(=O)NC4=O)cc3)ccc2n1. The summed E-state index contributed by atoms with van der Waals surface area (Å²) in [7, 11) is 0. The summed E-state index contributed by atoms with van der Waals surface area (Å²) in [5, 5.41) is 17.7. The fraction of sp³-hybridized carbons (Fsp3) is 0.107. The number of aryl methyl sites for hydroxylation is 1. The predicted octanol–water partition coefficient (Wildman–Crippen LogP) is 4.74. The molecule has 1 fully saturated rings. The maximum atomic E-state index is 13.7. The lowest BCUT2D eigenvalue weighted by molar-refractivity contribution is -0.124. The van der Waals surface area contributed by atoms with Crippen LogP contribution < -0.4 is 10.6 Å². The van der Waals surface area contributed by atoms with E-state index < -0.39 is 23.3 Å². The van der Waals surface area contributed by atoms with Crippen LogP contribution in [0.2, 0.25) is 0 Å². The number of fused-ring (bicyclic) bond motifs is 2. The molecular formula is C28H21FN4O3. The lowest BCUT2D eigenvalue weighted by Gasteiger charge is -2.27. The Labute approximate surface area is 205 Å². The first-order valence-electron chi connectivity index (χ1n) is 11.4. The molecule has 0 spiro atoms. The van der Waals surface area contributed by atoms with E-state index in [0.29, 0.717) is 16.3 Å². The molecule has 0 saturated carbocycles. The number of amides is 3. The minimum absolute atomic E-state index is 0.0763. The van der Waals surface area contributed by atoms with E-state index in [4.69, 9.17) is 0 Å². The van der Waals surface area contributed by atoms with Crippen molar-refractivity contribution in [3.63, 3.8) is 0 Å². The lowest BCUT2D eigenvalue weighted by atomic mass is 9.88. The fourth-order valence-electron chi connectivity index (χ4n) is 4.85. The van der Waals surface area contributed by atoms with Crippen molar-refractivity contribution in [1.29, 1.82) is 0 Å². The monoisotopic (exact) mass is 480 g/mol. The number of nitrogens with one attached hydrogen (secondary N) is 2. The Balaban J connectivity index is 1.39. The van der Waals surface area contributed by atoms with Crippen molar-refractivity contribution < 1.29 is 19.1 Å². The van der Waals surface area contributed by atoms with E-state index in [-0.39, 0.29) is 12.4 Å². The van der Waals surface area contributed by atoms with Crippen LogP contribution in [0.15, 0.2) is 79.0 Å². The van der Waals surface area contributed by atoms with Gasteiger partial charge in [0.15, 0.2) is 11.4 Å². The number of carbonyl (C=O) groups is 2. The number of nitrogens with zero attached hydrogens (tertiary/aromatic N) is 2. The molecule has 0 aliphatic carbocycles. The van der Waals surface area contributed by atoms with Gasteiger partial charge in [0.1, 0.15) is 5.82 Å². The zero-order valence-electron chi connectivity index (χ0n) is 19.2. The minimum atomic E-state index is -1.45. The number of halogens is 1. The minimum Gasteiger partial charge on any atom is -0.494 e. The first kappa shape index (κ1) is 21.8. The van der Waals surface area contributed by atoms with Gasteiger partial charge in [-0.05, 0) is 60.0 Å². The van der Waals surface area contributed by atoms with Gasteiger partial charge in [0.2, 0.25) is 0 Å². The average molecular weight is 480 g/mol. The Morgan fingerprint density at radius 2 is 1.69 bits per heavy atom. The Morgan fingerprint density at radius 1 is 0.944 bits per heavy atom. The highest BCUT2D eigenvalue weighted by Crippen LogP contribution is 2.34. The Hall–Kier alpha value is -4.72. The van der Waals surface area contributed by atoms with Crippen LogP contribution in [-0.4, -0.2) is 26.6 Å². The molecule has 5 aromatic rings. The molecule has 8 heteroatoms. The molecular weight excluding hydrogens is 459 g/mol. The summed E-state index contributed by atoms with van der Waals surface area (Å²) in [6.07, 6.45) is 1.63. The van der Waals surface area contributed by atoms with Gasteiger partial charge in [0.05, 0.1) is 12.1 Å². The van der Waals surface area contributed by atoms with Crippen LogP contribution in [0.1, 0.15) is 11.3 Å². The largest absolute Gasteiger partial charge is 0.494 e. The first-order chi connectivity index (χ1) is 17.3. The summed E-state index contributed by atoms with van der Waals surface area (Å²) in [5.41, 5.74) is 2.89. The van der Waals surface area contributed by atoms with Gasteiger partial charge in [-0.25, -0.2) is 9.18 Å². The van der Waals surface area contributed by atoms with Crippen LogP contribution >= 0.6 is 0 Å². The fourth-order valence-corrected chi connectivity index (χ4v) is 4.85. The highest BCUT2D eigenvalue weighted by Gasteiger charge is 2.48. The summed E-state index contributed by atoms with van der Waals surface area (Å²) in [6.45, 7) is 1.88. The topological polar surface area (TPSA) is 96.2 Å². The van der Waals surface area contributed by atoms with Gasteiger partial charge in [-0.3, -0.25) is 15.1 Å². The van der Waals surface area contributed by atoms with Crippen LogP contribution in [-0.2, 0) is 16.9 Å². The maximum absolute atomic E-state index is 13.7. The highest BCUT2D eigenvalue weighted by atomic mass is 19.1. The molecule has 6 rings (SSSR count). The average Bonchev–Trinajstić information content (AvgIpc) is 3.33. The van der Waals surface area contributed by atoms with Crippen LogP contribution in [0.3, 0.4) is 0 Å². The molecule has 3 aromatic carbocycles. The second-order valence-corrected chi connectivity index (χ2v) is 9.06. The number of benzene rings is 3. The zero-order valence-corrected chi connectivity index (χ0v) is 19.2. The smallest absolute Gasteiger partial charge is 0.322 e. The van der Waals surface area contributed by atoms with Crippen LogP contribution in [0.4, 0.5) is 9.18 Å². The third-order valence-electron chi connectivity index (χ3n) is 6.71. The quantitative estimate of drug-likeness (QED) is 0.324. The molecule has 3 N–H and O–H groups in total. The van der Waals surface area contributed by atoms with Crippen molar-refractivity contribution in [2.75, 3.05) is 0 Å². The summed E-state index contributed by atoms with van der Waals surface area (Å²) in [5.74, 6) is -1.20. The van der Waals surface area contributed by atoms with Crippen LogP contribution in [0, 0.1) is 12.7 Å². The number of aromatic nitrogens is 2. The van der Waals surface area contributed by atoms with Crippen molar-refractivity contribution in [1.82, 2.24) is 20.2 Å². The number of urea groups is 1. The third kappa shape index (κ3) is 3.46. The second-order valence-electron chi connectivity index (χ2n) is 9.06. The number of pyridine rings is 1. The molecule has 0 unspecified atom stereocenters. The van der Waals surface area contributed by atoms with Gasteiger partial charge in [0, 0.05) is 28.0 Å². The van der Waals surface area contributed by atoms with E-state index in [0.717, 1.165) is 27.7 Å². The van der Waals surface area contributed by atoms with Crippen molar-refractivity contribution in [2.24, 2.45) is 0 Å². The highest BCUT2D eigenvalue weighted by molar-refractivity contribution is 6.07. The van der Waals surface area contributed by atoms with Crippen molar-refractivity contribution >= 4 is 33.6 Å². The van der Waals surface area contributed by atoms with E-state index in [1.807, 2.05) is 43.3 Å². The summed E-state index contributed by atoms with van der Waals surface area (Å²) in [4.78, 5) is 29.8. The maximum Gasteiger partial charge on any atom is 0.322 e. The van der Waals surface area contributed by atoms with Gasteiger partial charge in [0.25, 0.3) is 5.91 Å². The molecule has 178 valence electrons. The Kier molecular flexibility index (Phi) is 4.79. The summed E-state index contributed by atoms with van der Waals surface area (Å²) in [6, 6.07) is 20.8. The molecule has 36 heavy (non-hydrogen) atoms. The number of rotatable bonds is 4. The summed E-state index contributed by atoms with van der Waals surface area (Å²) >= 11 is 0. The number of carbonyl (C=O) groups excluding carboxylic acids is 2. The van der Waals surface area contributed by atoms with Gasteiger partial charge in [-0.2, -0.15) is 0 Å². The number of imide groups is 1. The van der Waals surface area contributed by atoms with Gasteiger partial charge >= 0.3 is 6.03 Å². The van der Waals surface area contributed by atoms with Gasteiger partial charge < -0.3 is 15.0 Å².